The Labute approximate surface area is 136 Å². The number of halogens is 1. The lowest BCUT2D eigenvalue weighted by Gasteiger charge is -2.27. The van der Waals surface area contributed by atoms with Crippen LogP contribution in [0.1, 0.15) is 30.1 Å². The molecular formula is C16H22ClN3O2. The van der Waals surface area contributed by atoms with Crippen LogP contribution in [0.5, 0.6) is 0 Å². The Morgan fingerprint density at radius 2 is 2.05 bits per heavy atom. The quantitative estimate of drug-likeness (QED) is 0.866. The van der Waals surface area contributed by atoms with E-state index in [1.165, 1.54) is 0 Å². The number of rotatable bonds is 5. The predicted molar refractivity (Wildman–Crippen MR) is 87.0 cm³/mol. The summed E-state index contributed by atoms with van der Waals surface area (Å²) in [5.41, 5.74) is 0.497. The van der Waals surface area contributed by atoms with Crippen LogP contribution < -0.4 is 10.6 Å². The van der Waals surface area contributed by atoms with Gasteiger partial charge >= 0.3 is 0 Å². The maximum Gasteiger partial charge on any atom is 0.251 e. The van der Waals surface area contributed by atoms with Crippen LogP contribution in [0, 0.1) is 0 Å². The Bertz CT molecular complexity index is 533. The molecule has 1 heterocycles. The van der Waals surface area contributed by atoms with Gasteiger partial charge in [-0.1, -0.05) is 11.6 Å². The van der Waals surface area contributed by atoms with Crippen molar-refractivity contribution >= 4 is 23.4 Å². The van der Waals surface area contributed by atoms with Gasteiger partial charge in [-0.05, 0) is 51.1 Å². The zero-order valence-corrected chi connectivity index (χ0v) is 13.7. The second-order valence-electron chi connectivity index (χ2n) is 5.59. The van der Waals surface area contributed by atoms with Gasteiger partial charge in [0.2, 0.25) is 5.91 Å². The molecule has 0 spiro atoms. The van der Waals surface area contributed by atoms with Gasteiger partial charge in [-0.15, -0.1) is 0 Å². The second kappa shape index (κ2) is 7.61. The third kappa shape index (κ3) is 3.99. The number of likely N-dealkylation sites (N-methyl/N-ethyl adjacent to an activating group) is 1. The highest BCUT2D eigenvalue weighted by atomic mass is 35.5. The molecule has 1 aliphatic heterocycles. The number of benzene rings is 1. The molecule has 0 radical (unpaired) electrons. The van der Waals surface area contributed by atoms with Crippen molar-refractivity contribution in [1.82, 2.24) is 15.5 Å². The Morgan fingerprint density at radius 1 is 1.36 bits per heavy atom. The summed E-state index contributed by atoms with van der Waals surface area (Å²) in [5, 5.41) is 6.45. The largest absolute Gasteiger partial charge is 0.341 e. The minimum atomic E-state index is -0.541. The van der Waals surface area contributed by atoms with Gasteiger partial charge in [-0.2, -0.15) is 0 Å². The number of carbonyl (C=O) groups is 2. The predicted octanol–water partition coefficient (Wildman–Crippen LogP) is 1.67. The van der Waals surface area contributed by atoms with Crippen LogP contribution in [0.3, 0.4) is 0 Å². The zero-order chi connectivity index (χ0) is 16.1. The van der Waals surface area contributed by atoms with Crippen molar-refractivity contribution in [2.24, 2.45) is 0 Å². The number of hydrogen-bond acceptors (Lipinski definition) is 3. The van der Waals surface area contributed by atoms with Gasteiger partial charge < -0.3 is 15.5 Å². The van der Waals surface area contributed by atoms with Crippen molar-refractivity contribution in [3.05, 3.63) is 34.9 Å². The molecule has 0 aliphatic carbocycles. The van der Waals surface area contributed by atoms with Gasteiger partial charge in [0.1, 0.15) is 6.04 Å². The number of nitrogens with one attached hydrogen (secondary N) is 2. The van der Waals surface area contributed by atoms with Crippen LogP contribution in [0.2, 0.25) is 5.02 Å². The first-order valence-corrected chi connectivity index (χ1v) is 7.92. The fraction of sp³-hybridized carbons (Fsp3) is 0.500. The molecule has 1 fully saturated rings. The van der Waals surface area contributed by atoms with Crippen LogP contribution in [0.25, 0.3) is 0 Å². The van der Waals surface area contributed by atoms with E-state index in [1.807, 2.05) is 11.9 Å². The molecule has 2 atom stereocenters. The van der Waals surface area contributed by atoms with Crippen molar-refractivity contribution in [2.75, 3.05) is 20.1 Å². The van der Waals surface area contributed by atoms with E-state index >= 15 is 0 Å². The minimum absolute atomic E-state index is 0.0277. The Hall–Kier alpha value is -1.59. The fourth-order valence-corrected chi connectivity index (χ4v) is 2.89. The molecule has 120 valence electrons. The summed E-state index contributed by atoms with van der Waals surface area (Å²) in [6.45, 7) is 3.26. The molecule has 2 amide bonds. The molecule has 1 aromatic rings. The highest BCUT2D eigenvalue weighted by molar-refractivity contribution is 6.30. The van der Waals surface area contributed by atoms with Gasteiger partial charge in [-0.3, -0.25) is 9.59 Å². The molecule has 1 saturated heterocycles. The maximum atomic E-state index is 12.5. The summed E-state index contributed by atoms with van der Waals surface area (Å²) in [6.07, 6.45) is 2.01. The van der Waals surface area contributed by atoms with Gasteiger partial charge in [0.25, 0.3) is 5.91 Å². The zero-order valence-electron chi connectivity index (χ0n) is 12.9. The van der Waals surface area contributed by atoms with E-state index in [-0.39, 0.29) is 17.9 Å². The number of amides is 2. The fourth-order valence-electron chi connectivity index (χ4n) is 2.77. The molecule has 6 heteroatoms. The molecule has 2 rings (SSSR count). The third-order valence-corrected chi connectivity index (χ3v) is 4.18. The average Bonchev–Trinajstić information content (AvgIpc) is 2.95. The normalized spacial score (nSPS) is 19.0. The van der Waals surface area contributed by atoms with Gasteiger partial charge in [0, 0.05) is 29.7 Å². The standard InChI is InChI=1S/C16H22ClN3O2/c1-11(16(22)20-9-3-4-14(20)10-18-2)19-15(21)12-5-7-13(17)8-6-12/h5-8,11,14,18H,3-4,9-10H2,1-2H3,(H,19,21). The van der Waals surface area contributed by atoms with Gasteiger partial charge in [0.05, 0.1) is 0 Å². The first-order valence-electron chi connectivity index (χ1n) is 7.54. The summed E-state index contributed by atoms with van der Waals surface area (Å²) < 4.78 is 0. The molecule has 22 heavy (non-hydrogen) atoms. The molecular weight excluding hydrogens is 302 g/mol. The number of carbonyl (C=O) groups excluding carboxylic acids is 2. The lowest BCUT2D eigenvalue weighted by molar-refractivity contribution is -0.133. The highest BCUT2D eigenvalue weighted by Gasteiger charge is 2.31. The van der Waals surface area contributed by atoms with E-state index in [0.29, 0.717) is 10.6 Å². The van der Waals surface area contributed by atoms with E-state index in [1.54, 1.807) is 31.2 Å². The second-order valence-corrected chi connectivity index (χ2v) is 6.02. The van der Waals surface area contributed by atoms with Crippen molar-refractivity contribution in [3.63, 3.8) is 0 Å². The Kier molecular flexibility index (Phi) is 5.80. The van der Waals surface area contributed by atoms with Crippen molar-refractivity contribution in [2.45, 2.75) is 31.8 Å². The van der Waals surface area contributed by atoms with Crippen molar-refractivity contribution in [3.8, 4) is 0 Å². The molecule has 0 saturated carbocycles. The Balaban J connectivity index is 1.96. The molecule has 0 aromatic heterocycles. The summed E-state index contributed by atoms with van der Waals surface area (Å²) in [6, 6.07) is 6.29. The maximum absolute atomic E-state index is 12.5. The monoisotopic (exact) mass is 323 g/mol. The molecule has 2 N–H and O–H groups in total. The van der Waals surface area contributed by atoms with E-state index in [2.05, 4.69) is 10.6 Å². The van der Waals surface area contributed by atoms with Crippen LogP contribution in [0.4, 0.5) is 0 Å². The lowest BCUT2D eigenvalue weighted by Crippen LogP contribution is -2.50. The SMILES string of the molecule is CNCC1CCCN1C(=O)C(C)NC(=O)c1ccc(Cl)cc1. The third-order valence-electron chi connectivity index (χ3n) is 3.92. The van der Waals surface area contributed by atoms with Crippen LogP contribution >= 0.6 is 11.6 Å². The summed E-state index contributed by atoms with van der Waals surface area (Å²) in [5.74, 6) is -0.290. The molecule has 2 unspecified atom stereocenters. The highest BCUT2D eigenvalue weighted by Crippen LogP contribution is 2.18. The molecule has 5 nitrogen and oxygen atoms in total. The number of likely N-dealkylation sites (tertiary alicyclic amines) is 1. The van der Waals surface area contributed by atoms with Crippen LogP contribution in [0.15, 0.2) is 24.3 Å². The summed E-state index contributed by atoms with van der Waals surface area (Å²) in [7, 11) is 1.88. The average molecular weight is 324 g/mol. The summed E-state index contributed by atoms with van der Waals surface area (Å²) in [4.78, 5) is 26.5. The first kappa shape index (κ1) is 16.8. The van der Waals surface area contributed by atoms with Crippen molar-refractivity contribution in [1.29, 1.82) is 0 Å². The van der Waals surface area contributed by atoms with E-state index in [0.717, 1.165) is 25.9 Å². The number of hydrogen-bond donors (Lipinski definition) is 2. The van der Waals surface area contributed by atoms with E-state index < -0.39 is 6.04 Å². The topological polar surface area (TPSA) is 61.4 Å². The van der Waals surface area contributed by atoms with Gasteiger partial charge in [0.15, 0.2) is 0 Å². The molecule has 0 bridgehead atoms. The van der Waals surface area contributed by atoms with E-state index in [4.69, 9.17) is 11.6 Å². The van der Waals surface area contributed by atoms with Crippen molar-refractivity contribution < 1.29 is 9.59 Å². The number of nitrogens with zero attached hydrogens (tertiary/aromatic N) is 1. The molecule has 1 aliphatic rings. The van der Waals surface area contributed by atoms with Crippen LogP contribution in [-0.2, 0) is 4.79 Å². The van der Waals surface area contributed by atoms with E-state index in [9.17, 15) is 9.59 Å². The first-order chi connectivity index (χ1) is 10.5. The summed E-state index contributed by atoms with van der Waals surface area (Å²) >= 11 is 5.81. The smallest absolute Gasteiger partial charge is 0.251 e. The minimum Gasteiger partial charge on any atom is -0.341 e. The lowest BCUT2D eigenvalue weighted by atomic mass is 10.1. The molecule has 1 aromatic carbocycles. The Morgan fingerprint density at radius 3 is 2.68 bits per heavy atom. The van der Waals surface area contributed by atoms with Crippen LogP contribution in [-0.4, -0.2) is 48.9 Å². The van der Waals surface area contributed by atoms with Gasteiger partial charge in [-0.25, -0.2) is 0 Å².